The second kappa shape index (κ2) is 7.70. The van der Waals surface area contributed by atoms with Gasteiger partial charge in [-0.1, -0.05) is 23.4 Å². The van der Waals surface area contributed by atoms with Crippen LogP contribution in [0.5, 0.6) is 5.75 Å². The Morgan fingerprint density at radius 3 is 2.48 bits per heavy atom. The number of para-hydroxylation sites is 1. The van der Waals surface area contributed by atoms with Gasteiger partial charge < -0.3 is 10.1 Å². The third kappa shape index (κ3) is 3.54. The van der Waals surface area contributed by atoms with Crippen molar-refractivity contribution in [3.63, 3.8) is 0 Å². The van der Waals surface area contributed by atoms with E-state index in [2.05, 4.69) is 15.7 Å². The third-order valence-electron chi connectivity index (χ3n) is 4.63. The number of hydrogen-bond donors (Lipinski definition) is 1. The number of ether oxygens (including phenoxy) is 1. The summed E-state index contributed by atoms with van der Waals surface area (Å²) in [5.74, 6) is -0.542. The van der Waals surface area contributed by atoms with E-state index in [-0.39, 0.29) is 12.5 Å². The number of nitrogens with zero attached hydrogens (tertiary/aromatic N) is 4. The molecule has 0 unspecified atom stereocenters. The molecule has 2 atom stereocenters. The zero-order valence-corrected chi connectivity index (χ0v) is 15.7. The van der Waals surface area contributed by atoms with E-state index in [9.17, 15) is 14.4 Å². The van der Waals surface area contributed by atoms with Crippen LogP contribution in [0.3, 0.4) is 0 Å². The van der Waals surface area contributed by atoms with Gasteiger partial charge >= 0.3 is 0 Å². The summed E-state index contributed by atoms with van der Waals surface area (Å²) in [4.78, 5) is 39.0. The number of amides is 3. The zero-order valence-electron chi connectivity index (χ0n) is 15.7. The molecule has 2 aliphatic rings. The first-order chi connectivity index (χ1) is 14.1. The van der Waals surface area contributed by atoms with Gasteiger partial charge in [0.25, 0.3) is 11.8 Å². The Bertz CT molecular complexity index is 961. The van der Waals surface area contributed by atoms with E-state index in [1.54, 1.807) is 54.6 Å². The lowest BCUT2D eigenvalue weighted by molar-refractivity contribution is -0.123. The molecular weight excluding hydrogens is 374 g/mol. The van der Waals surface area contributed by atoms with Gasteiger partial charge in [0.1, 0.15) is 12.3 Å². The minimum atomic E-state index is -0.930. The first-order valence-electron chi connectivity index (χ1n) is 9.21. The van der Waals surface area contributed by atoms with Gasteiger partial charge in [-0.15, -0.1) is 0 Å². The van der Waals surface area contributed by atoms with E-state index in [1.807, 2.05) is 6.92 Å². The standard InChI is InChI=1S/C20H19N5O4/c1-2-29-15-10-8-13(9-11-15)21-16(26)12-24-18-17(22-23-24)19(27)25(20(18)28)14-6-4-3-5-7-14/h3-11,17-18H,2,12H2,1H3,(H,21,26)/t17-,18+/m0/s1. The summed E-state index contributed by atoms with van der Waals surface area (Å²) in [7, 11) is 0. The highest BCUT2D eigenvalue weighted by Crippen LogP contribution is 2.31. The number of nitrogens with one attached hydrogen (secondary N) is 1. The van der Waals surface area contributed by atoms with Gasteiger partial charge in [-0.05, 0) is 43.3 Å². The second-order valence-corrected chi connectivity index (χ2v) is 6.55. The molecule has 2 aliphatic heterocycles. The van der Waals surface area contributed by atoms with Gasteiger partial charge in [0.2, 0.25) is 5.91 Å². The van der Waals surface area contributed by atoms with Crippen LogP contribution in [0.2, 0.25) is 0 Å². The molecule has 4 rings (SSSR count). The highest BCUT2D eigenvalue weighted by Gasteiger charge is 2.55. The number of rotatable bonds is 6. The molecule has 9 nitrogen and oxygen atoms in total. The Balaban J connectivity index is 1.42. The zero-order chi connectivity index (χ0) is 20.4. The van der Waals surface area contributed by atoms with Crippen LogP contribution in [0.1, 0.15) is 6.92 Å². The van der Waals surface area contributed by atoms with Crippen LogP contribution >= 0.6 is 0 Å². The highest BCUT2D eigenvalue weighted by atomic mass is 16.5. The van der Waals surface area contributed by atoms with Crippen LogP contribution in [0.4, 0.5) is 11.4 Å². The molecule has 29 heavy (non-hydrogen) atoms. The Morgan fingerprint density at radius 2 is 1.79 bits per heavy atom. The first-order valence-corrected chi connectivity index (χ1v) is 9.21. The van der Waals surface area contributed by atoms with Crippen LogP contribution in [0.15, 0.2) is 64.9 Å². The summed E-state index contributed by atoms with van der Waals surface area (Å²) in [6.07, 6.45) is 0. The number of carbonyl (C=O) groups excluding carboxylic acids is 3. The Kier molecular flexibility index (Phi) is 4.94. The van der Waals surface area contributed by atoms with Crippen molar-refractivity contribution >= 4 is 29.1 Å². The van der Waals surface area contributed by atoms with Gasteiger partial charge in [0.15, 0.2) is 12.1 Å². The van der Waals surface area contributed by atoms with Crippen LogP contribution in [0.25, 0.3) is 0 Å². The minimum Gasteiger partial charge on any atom is -0.494 e. The molecule has 1 saturated heterocycles. The fraction of sp³-hybridized carbons (Fsp3) is 0.250. The van der Waals surface area contributed by atoms with Gasteiger partial charge in [-0.2, -0.15) is 5.11 Å². The van der Waals surface area contributed by atoms with E-state index in [0.29, 0.717) is 23.7 Å². The number of imide groups is 1. The Morgan fingerprint density at radius 1 is 1.07 bits per heavy atom. The predicted molar refractivity (Wildman–Crippen MR) is 104 cm³/mol. The summed E-state index contributed by atoms with van der Waals surface area (Å²) in [5, 5.41) is 11.8. The van der Waals surface area contributed by atoms with Crippen molar-refractivity contribution in [3.05, 3.63) is 54.6 Å². The smallest absolute Gasteiger partial charge is 0.263 e. The Labute approximate surface area is 166 Å². The van der Waals surface area contributed by atoms with Crippen molar-refractivity contribution in [2.24, 2.45) is 10.3 Å². The summed E-state index contributed by atoms with van der Waals surface area (Å²) < 4.78 is 5.37. The molecule has 0 saturated carbocycles. The van der Waals surface area contributed by atoms with Crippen LogP contribution in [0, 0.1) is 0 Å². The molecular formula is C20H19N5O4. The largest absolute Gasteiger partial charge is 0.494 e. The summed E-state index contributed by atoms with van der Waals surface area (Å²) in [6.45, 7) is 2.25. The van der Waals surface area contributed by atoms with Crippen molar-refractivity contribution in [3.8, 4) is 5.75 Å². The van der Waals surface area contributed by atoms with E-state index in [1.165, 1.54) is 5.01 Å². The molecule has 0 bridgehead atoms. The molecule has 2 aromatic carbocycles. The molecule has 0 aromatic heterocycles. The lowest BCUT2D eigenvalue weighted by atomic mass is 10.1. The van der Waals surface area contributed by atoms with Gasteiger partial charge in [-0.25, -0.2) is 4.90 Å². The number of hydrogen-bond acceptors (Lipinski definition) is 7. The minimum absolute atomic E-state index is 0.195. The first kappa shape index (κ1) is 18.6. The average Bonchev–Trinajstić information content (AvgIpc) is 3.24. The topological polar surface area (TPSA) is 104 Å². The molecule has 0 spiro atoms. The van der Waals surface area contributed by atoms with Crippen molar-refractivity contribution in [2.75, 3.05) is 23.4 Å². The summed E-state index contributed by atoms with van der Waals surface area (Å²) >= 11 is 0. The highest BCUT2D eigenvalue weighted by molar-refractivity contribution is 6.25. The van der Waals surface area contributed by atoms with Crippen LogP contribution in [-0.4, -0.2) is 48.0 Å². The lowest BCUT2D eigenvalue weighted by Gasteiger charge is -2.20. The van der Waals surface area contributed by atoms with Crippen LogP contribution < -0.4 is 15.0 Å². The summed E-state index contributed by atoms with van der Waals surface area (Å²) in [5.41, 5.74) is 1.07. The molecule has 3 amide bonds. The molecule has 9 heteroatoms. The normalized spacial score (nSPS) is 20.2. The SMILES string of the molecule is CCOc1ccc(NC(=O)CN2N=N[C@@H]3C(=O)N(c4ccccc4)C(=O)[C@@H]32)cc1. The third-order valence-corrected chi connectivity index (χ3v) is 4.63. The van der Waals surface area contributed by atoms with Crippen molar-refractivity contribution in [2.45, 2.75) is 19.0 Å². The lowest BCUT2D eigenvalue weighted by Crippen LogP contribution is -2.43. The monoisotopic (exact) mass is 393 g/mol. The quantitative estimate of drug-likeness (QED) is 0.756. The maximum atomic E-state index is 12.8. The fourth-order valence-electron chi connectivity index (χ4n) is 3.33. The number of carbonyl (C=O) groups is 3. The maximum absolute atomic E-state index is 12.8. The number of benzene rings is 2. The second-order valence-electron chi connectivity index (χ2n) is 6.55. The molecule has 0 aliphatic carbocycles. The van der Waals surface area contributed by atoms with E-state index in [0.717, 1.165) is 4.90 Å². The number of anilines is 2. The molecule has 2 heterocycles. The Hall–Kier alpha value is -3.75. The van der Waals surface area contributed by atoms with Crippen LogP contribution in [-0.2, 0) is 14.4 Å². The molecule has 2 aromatic rings. The average molecular weight is 393 g/mol. The van der Waals surface area contributed by atoms with Gasteiger partial charge in [-0.3, -0.25) is 19.4 Å². The summed E-state index contributed by atoms with van der Waals surface area (Å²) in [6, 6.07) is 13.7. The maximum Gasteiger partial charge on any atom is 0.263 e. The van der Waals surface area contributed by atoms with Crippen molar-refractivity contribution in [1.82, 2.24) is 5.01 Å². The van der Waals surface area contributed by atoms with E-state index < -0.39 is 23.9 Å². The van der Waals surface area contributed by atoms with Gasteiger partial charge in [0.05, 0.1) is 12.3 Å². The van der Waals surface area contributed by atoms with E-state index in [4.69, 9.17) is 4.74 Å². The van der Waals surface area contributed by atoms with Crippen molar-refractivity contribution in [1.29, 1.82) is 0 Å². The molecule has 1 fully saturated rings. The fourth-order valence-corrected chi connectivity index (χ4v) is 3.33. The van der Waals surface area contributed by atoms with Crippen molar-refractivity contribution < 1.29 is 19.1 Å². The van der Waals surface area contributed by atoms with Gasteiger partial charge in [0, 0.05) is 5.69 Å². The molecule has 1 N–H and O–H groups in total. The van der Waals surface area contributed by atoms with E-state index >= 15 is 0 Å². The predicted octanol–water partition coefficient (Wildman–Crippen LogP) is 2.02. The molecule has 0 radical (unpaired) electrons. The molecule has 148 valence electrons. The number of fused-ring (bicyclic) bond motifs is 1.